The van der Waals surface area contributed by atoms with Gasteiger partial charge < -0.3 is 11.1 Å². The second-order valence-electron chi connectivity index (χ2n) is 4.16. The lowest BCUT2D eigenvalue weighted by Crippen LogP contribution is -2.12. The molecule has 2 aromatic rings. The summed E-state index contributed by atoms with van der Waals surface area (Å²) in [4.78, 5) is 0.336. The summed E-state index contributed by atoms with van der Waals surface area (Å²) >= 11 is 7.14. The Morgan fingerprint density at radius 2 is 1.89 bits per heavy atom. The van der Waals surface area contributed by atoms with Crippen LogP contribution in [0.1, 0.15) is 11.1 Å². The first-order chi connectivity index (χ1) is 8.97. The number of thiocarbonyl (C=S) groups is 1. The van der Waals surface area contributed by atoms with E-state index < -0.39 is 0 Å². The van der Waals surface area contributed by atoms with E-state index in [2.05, 4.69) is 27.9 Å². The van der Waals surface area contributed by atoms with Gasteiger partial charge in [-0.05, 0) is 59.8 Å². The van der Waals surface area contributed by atoms with Crippen LogP contribution in [0.25, 0.3) is 0 Å². The highest BCUT2D eigenvalue weighted by Gasteiger charge is 2.08. The van der Waals surface area contributed by atoms with Crippen LogP contribution in [0.15, 0.2) is 36.4 Å². The molecule has 3 N–H and O–H groups in total. The largest absolute Gasteiger partial charge is 0.389 e. The van der Waals surface area contributed by atoms with Gasteiger partial charge in [0.05, 0.1) is 5.69 Å². The lowest BCUT2D eigenvalue weighted by molar-refractivity contribution is 0.627. The lowest BCUT2D eigenvalue weighted by atomic mass is 10.1. The zero-order chi connectivity index (χ0) is 14.0. The van der Waals surface area contributed by atoms with Crippen LogP contribution in [0.2, 0.25) is 0 Å². The van der Waals surface area contributed by atoms with Gasteiger partial charge in [-0.15, -0.1) is 0 Å². The molecule has 0 aromatic heterocycles. The van der Waals surface area contributed by atoms with Crippen molar-refractivity contribution in [2.45, 2.75) is 6.92 Å². The fourth-order valence-corrected chi connectivity index (χ4v) is 2.49. The maximum atomic E-state index is 13.1. The van der Waals surface area contributed by atoms with Crippen LogP contribution in [0.4, 0.5) is 15.8 Å². The molecule has 0 aliphatic heterocycles. The fraction of sp³-hybridized carbons (Fsp3) is 0.0714. The SMILES string of the molecule is Cc1ccc(Nc2ccc(F)cc2I)c(C(N)=S)c1. The van der Waals surface area contributed by atoms with Gasteiger partial charge in [-0.1, -0.05) is 23.8 Å². The van der Waals surface area contributed by atoms with Gasteiger partial charge in [-0.25, -0.2) is 4.39 Å². The third-order valence-electron chi connectivity index (χ3n) is 2.64. The molecular weight excluding hydrogens is 374 g/mol. The normalized spacial score (nSPS) is 10.3. The third-order valence-corrected chi connectivity index (χ3v) is 3.75. The Labute approximate surface area is 130 Å². The molecule has 19 heavy (non-hydrogen) atoms. The molecule has 0 aliphatic carbocycles. The van der Waals surface area contributed by atoms with Crippen LogP contribution in [-0.2, 0) is 0 Å². The van der Waals surface area contributed by atoms with Crippen molar-refractivity contribution in [3.05, 3.63) is 56.9 Å². The van der Waals surface area contributed by atoms with E-state index >= 15 is 0 Å². The molecule has 0 bridgehead atoms. The minimum atomic E-state index is -0.256. The minimum Gasteiger partial charge on any atom is -0.389 e. The topological polar surface area (TPSA) is 38.0 Å². The number of nitrogens with one attached hydrogen (secondary N) is 1. The van der Waals surface area contributed by atoms with Crippen LogP contribution < -0.4 is 11.1 Å². The van der Waals surface area contributed by atoms with Crippen molar-refractivity contribution in [2.24, 2.45) is 5.73 Å². The summed E-state index contributed by atoms with van der Waals surface area (Å²) in [7, 11) is 0. The van der Waals surface area contributed by atoms with Gasteiger partial charge >= 0.3 is 0 Å². The van der Waals surface area contributed by atoms with E-state index in [4.69, 9.17) is 18.0 Å². The zero-order valence-electron chi connectivity index (χ0n) is 10.2. The highest BCUT2D eigenvalue weighted by atomic mass is 127. The first-order valence-corrected chi connectivity index (χ1v) is 7.08. The maximum absolute atomic E-state index is 13.1. The van der Waals surface area contributed by atoms with Crippen molar-refractivity contribution in [1.82, 2.24) is 0 Å². The highest BCUT2D eigenvalue weighted by molar-refractivity contribution is 14.1. The number of halogens is 2. The molecule has 0 heterocycles. The van der Waals surface area contributed by atoms with Crippen molar-refractivity contribution >= 4 is 51.2 Å². The fourth-order valence-electron chi connectivity index (χ4n) is 1.71. The van der Waals surface area contributed by atoms with E-state index in [0.29, 0.717) is 4.99 Å². The van der Waals surface area contributed by atoms with Gasteiger partial charge in [-0.2, -0.15) is 0 Å². The Balaban J connectivity index is 2.40. The number of benzene rings is 2. The number of rotatable bonds is 3. The molecular formula is C14H12FIN2S. The Hall–Kier alpha value is -1.21. The molecule has 0 fully saturated rings. The highest BCUT2D eigenvalue weighted by Crippen LogP contribution is 2.26. The monoisotopic (exact) mass is 386 g/mol. The summed E-state index contributed by atoms with van der Waals surface area (Å²) in [5.74, 6) is -0.256. The second-order valence-corrected chi connectivity index (χ2v) is 5.76. The molecule has 2 nitrogen and oxygen atoms in total. The minimum absolute atomic E-state index is 0.256. The smallest absolute Gasteiger partial charge is 0.124 e. The third kappa shape index (κ3) is 3.42. The van der Waals surface area contributed by atoms with Gasteiger partial charge in [0.25, 0.3) is 0 Å². The van der Waals surface area contributed by atoms with Gasteiger partial charge in [0.1, 0.15) is 10.8 Å². The van der Waals surface area contributed by atoms with Crippen LogP contribution in [0, 0.1) is 16.3 Å². The molecule has 0 amide bonds. The summed E-state index contributed by atoms with van der Waals surface area (Å²) in [5, 5.41) is 3.23. The molecule has 5 heteroatoms. The van der Waals surface area contributed by atoms with Gasteiger partial charge in [0.15, 0.2) is 0 Å². The number of aryl methyl sites for hydroxylation is 1. The van der Waals surface area contributed by atoms with Crippen LogP contribution in [0.5, 0.6) is 0 Å². The van der Waals surface area contributed by atoms with Crippen LogP contribution in [0.3, 0.4) is 0 Å². The molecule has 0 saturated heterocycles. The Morgan fingerprint density at radius 3 is 2.53 bits per heavy atom. The van der Waals surface area contributed by atoms with Crippen molar-refractivity contribution in [3.8, 4) is 0 Å². The van der Waals surface area contributed by atoms with Gasteiger partial charge in [0, 0.05) is 14.8 Å². The lowest BCUT2D eigenvalue weighted by Gasteiger charge is -2.13. The average molecular weight is 386 g/mol. The predicted octanol–water partition coefficient (Wildman–Crippen LogP) is 4.12. The summed E-state index contributed by atoms with van der Waals surface area (Å²) < 4.78 is 13.9. The van der Waals surface area contributed by atoms with Crippen molar-refractivity contribution < 1.29 is 4.39 Å². The molecule has 0 aliphatic rings. The second kappa shape index (κ2) is 5.83. The standard InChI is InChI=1S/C14H12FIN2S/c1-8-2-4-12(10(6-8)14(17)19)18-13-5-3-9(15)7-11(13)16/h2-7,18H,1H3,(H2,17,19). The maximum Gasteiger partial charge on any atom is 0.124 e. The summed E-state index contributed by atoms with van der Waals surface area (Å²) in [6, 6.07) is 10.4. The summed E-state index contributed by atoms with van der Waals surface area (Å²) in [5.41, 5.74) is 9.25. The molecule has 2 aromatic carbocycles. The molecule has 0 atom stereocenters. The molecule has 0 unspecified atom stereocenters. The Bertz CT molecular complexity index is 643. The van der Waals surface area contributed by atoms with Crippen LogP contribution >= 0.6 is 34.8 Å². The molecule has 98 valence electrons. The molecule has 0 radical (unpaired) electrons. The predicted molar refractivity (Wildman–Crippen MR) is 89.5 cm³/mol. The number of hydrogen-bond acceptors (Lipinski definition) is 2. The van der Waals surface area contributed by atoms with Gasteiger partial charge in [0.2, 0.25) is 0 Å². The number of nitrogens with two attached hydrogens (primary N) is 1. The average Bonchev–Trinajstić information content (AvgIpc) is 2.34. The van der Waals surface area contributed by atoms with E-state index in [-0.39, 0.29) is 5.82 Å². The Kier molecular flexibility index (Phi) is 4.36. The van der Waals surface area contributed by atoms with Crippen molar-refractivity contribution in [2.75, 3.05) is 5.32 Å². The summed E-state index contributed by atoms with van der Waals surface area (Å²) in [6.45, 7) is 1.98. The van der Waals surface area contributed by atoms with E-state index in [9.17, 15) is 4.39 Å². The van der Waals surface area contributed by atoms with Crippen molar-refractivity contribution in [3.63, 3.8) is 0 Å². The first-order valence-electron chi connectivity index (χ1n) is 5.60. The number of anilines is 2. The van der Waals surface area contributed by atoms with Gasteiger partial charge in [-0.3, -0.25) is 0 Å². The molecule has 2 rings (SSSR count). The van der Waals surface area contributed by atoms with Crippen LogP contribution in [-0.4, -0.2) is 4.99 Å². The summed E-state index contributed by atoms with van der Waals surface area (Å²) in [6.07, 6.45) is 0. The van der Waals surface area contributed by atoms with Crippen molar-refractivity contribution in [1.29, 1.82) is 0 Å². The van der Waals surface area contributed by atoms with E-state index in [1.165, 1.54) is 12.1 Å². The molecule has 0 spiro atoms. The molecule has 0 saturated carbocycles. The van der Waals surface area contributed by atoms with E-state index in [0.717, 1.165) is 26.1 Å². The first kappa shape index (κ1) is 14.2. The zero-order valence-corrected chi connectivity index (χ0v) is 13.2. The number of hydrogen-bond donors (Lipinski definition) is 2. The Morgan fingerprint density at radius 1 is 1.21 bits per heavy atom. The van der Waals surface area contributed by atoms with E-state index in [1.54, 1.807) is 6.07 Å². The van der Waals surface area contributed by atoms with E-state index in [1.807, 2.05) is 25.1 Å². The quantitative estimate of drug-likeness (QED) is 0.616.